The number of hydrogen-bond donors (Lipinski definition) is 1. The summed E-state index contributed by atoms with van der Waals surface area (Å²) in [6, 6.07) is 8.63. The Morgan fingerprint density at radius 3 is 2.52 bits per heavy atom. The van der Waals surface area contributed by atoms with Gasteiger partial charge in [-0.05, 0) is 37.8 Å². The summed E-state index contributed by atoms with van der Waals surface area (Å²) in [5.41, 5.74) is 2.55. The molecule has 0 amide bonds. The van der Waals surface area contributed by atoms with Crippen LogP contribution in [-0.4, -0.2) is 51.2 Å². The first kappa shape index (κ1) is 23.7. The molecule has 2 aromatic rings. The fraction of sp³-hybridized carbons (Fsp3) is 0.526. The second kappa shape index (κ2) is 12.2. The lowest BCUT2D eigenvalue weighted by Gasteiger charge is -2.22. The van der Waals surface area contributed by atoms with Crippen molar-refractivity contribution in [3.05, 3.63) is 47.0 Å². The Morgan fingerprint density at radius 2 is 1.93 bits per heavy atom. The number of hydrogen-bond acceptors (Lipinski definition) is 4. The maximum absolute atomic E-state index is 4.78. The van der Waals surface area contributed by atoms with Gasteiger partial charge in [-0.1, -0.05) is 29.8 Å². The van der Waals surface area contributed by atoms with Crippen molar-refractivity contribution in [1.82, 2.24) is 25.0 Å². The van der Waals surface area contributed by atoms with Crippen LogP contribution in [0.3, 0.4) is 0 Å². The van der Waals surface area contributed by atoms with Crippen LogP contribution in [0.1, 0.15) is 29.2 Å². The van der Waals surface area contributed by atoms with Gasteiger partial charge in [-0.15, -0.1) is 34.2 Å². The third-order valence-electron chi connectivity index (χ3n) is 4.26. The number of rotatable bonds is 8. The van der Waals surface area contributed by atoms with Crippen molar-refractivity contribution < 1.29 is 0 Å². The SMILES string of the molecule is CSCCCNC(=NCc1nnc(C)n1C)N(C)Cc1ccc(C)cc1.I. The maximum atomic E-state index is 4.78. The van der Waals surface area contributed by atoms with E-state index in [0.717, 1.165) is 42.9 Å². The molecule has 1 aromatic heterocycles. The van der Waals surface area contributed by atoms with Gasteiger partial charge in [0.15, 0.2) is 11.8 Å². The van der Waals surface area contributed by atoms with Gasteiger partial charge in [0, 0.05) is 27.2 Å². The van der Waals surface area contributed by atoms with Crippen molar-refractivity contribution >= 4 is 41.7 Å². The molecule has 2 rings (SSSR count). The van der Waals surface area contributed by atoms with Crippen molar-refractivity contribution in [2.75, 3.05) is 25.6 Å². The molecule has 0 fully saturated rings. The van der Waals surface area contributed by atoms with E-state index < -0.39 is 0 Å². The van der Waals surface area contributed by atoms with Gasteiger partial charge in [-0.2, -0.15) is 11.8 Å². The predicted octanol–water partition coefficient (Wildman–Crippen LogP) is 3.38. The lowest BCUT2D eigenvalue weighted by molar-refractivity contribution is 0.474. The summed E-state index contributed by atoms with van der Waals surface area (Å²) in [7, 11) is 4.05. The molecule has 0 atom stereocenters. The minimum Gasteiger partial charge on any atom is -0.356 e. The van der Waals surface area contributed by atoms with Gasteiger partial charge in [0.1, 0.15) is 12.4 Å². The van der Waals surface area contributed by atoms with Crippen molar-refractivity contribution in [3.63, 3.8) is 0 Å². The van der Waals surface area contributed by atoms with E-state index in [9.17, 15) is 0 Å². The number of halogens is 1. The molecule has 27 heavy (non-hydrogen) atoms. The van der Waals surface area contributed by atoms with Crippen molar-refractivity contribution in [3.8, 4) is 0 Å². The molecular weight excluding hydrogens is 471 g/mol. The Bertz CT molecular complexity index is 713. The fourth-order valence-electron chi connectivity index (χ4n) is 2.50. The molecule has 1 heterocycles. The molecule has 0 aliphatic carbocycles. The summed E-state index contributed by atoms with van der Waals surface area (Å²) in [4.78, 5) is 6.94. The number of nitrogens with one attached hydrogen (secondary N) is 1. The minimum absolute atomic E-state index is 0. The molecule has 0 radical (unpaired) electrons. The lowest BCUT2D eigenvalue weighted by Crippen LogP contribution is -2.39. The van der Waals surface area contributed by atoms with Gasteiger partial charge in [-0.3, -0.25) is 0 Å². The van der Waals surface area contributed by atoms with Crippen molar-refractivity contribution in [2.45, 2.75) is 33.4 Å². The quantitative estimate of drug-likeness (QED) is 0.260. The Hall–Kier alpha value is -1.29. The molecule has 0 bridgehead atoms. The van der Waals surface area contributed by atoms with Gasteiger partial charge >= 0.3 is 0 Å². The molecule has 0 aliphatic rings. The molecule has 8 heteroatoms. The van der Waals surface area contributed by atoms with Crippen LogP contribution in [0.15, 0.2) is 29.3 Å². The van der Waals surface area contributed by atoms with Crippen LogP contribution < -0.4 is 5.32 Å². The summed E-state index contributed by atoms with van der Waals surface area (Å²) in [6.07, 6.45) is 3.25. The first-order chi connectivity index (χ1) is 12.5. The van der Waals surface area contributed by atoms with E-state index in [0.29, 0.717) is 6.54 Å². The molecule has 1 aromatic carbocycles. The third kappa shape index (κ3) is 7.69. The first-order valence-electron chi connectivity index (χ1n) is 8.90. The number of benzene rings is 1. The van der Waals surface area contributed by atoms with E-state index in [4.69, 9.17) is 4.99 Å². The minimum atomic E-state index is 0. The topological polar surface area (TPSA) is 58.3 Å². The lowest BCUT2D eigenvalue weighted by atomic mass is 10.1. The molecule has 0 saturated heterocycles. The zero-order valence-electron chi connectivity index (χ0n) is 16.9. The second-order valence-electron chi connectivity index (χ2n) is 6.48. The highest BCUT2D eigenvalue weighted by atomic mass is 127. The largest absolute Gasteiger partial charge is 0.356 e. The second-order valence-corrected chi connectivity index (χ2v) is 7.46. The highest BCUT2D eigenvalue weighted by Gasteiger charge is 2.09. The number of aryl methyl sites for hydroxylation is 2. The van der Waals surface area contributed by atoms with Crippen LogP contribution >= 0.6 is 35.7 Å². The van der Waals surface area contributed by atoms with Crippen molar-refractivity contribution in [1.29, 1.82) is 0 Å². The fourth-order valence-corrected chi connectivity index (χ4v) is 2.94. The van der Waals surface area contributed by atoms with Crippen LogP contribution in [0.4, 0.5) is 0 Å². The normalized spacial score (nSPS) is 11.2. The van der Waals surface area contributed by atoms with Crippen LogP contribution in [0.2, 0.25) is 0 Å². The van der Waals surface area contributed by atoms with Gasteiger partial charge in [0.05, 0.1) is 0 Å². The van der Waals surface area contributed by atoms with Crippen LogP contribution in [-0.2, 0) is 20.1 Å². The molecule has 1 N–H and O–H groups in total. The molecule has 0 unspecified atom stereocenters. The average Bonchev–Trinajstić information content (AvgIpc) is 2.95. The molecule has 0 aliphatic heterocycles. The number of aromatic nitrogens is 3. The van der Waals surface area contributed by atoms with Crippen LogP contribution in [0.25, 0.3) is 0 Å². The van der Waals surface area contributed by atoms with Gasteiger partial charge in [-0.25, -0.2) is 4.99 Å². The van der Waals surface area contributed by atoms with Gasteiger partial charge in [0.25, 0.3) is 0 Å². The summed E-state index contributed by atoms with van der Waals surface area (Å²) in [5, 5.41) is 11.8. The highest BCUT2D eigenvalue weighted by molar-refractivity contribution is 14.0. The van der Waals surface area contributed by atoms with E-state index in [-0.39, 0.29) is 24.0 Å². The zero-order valence-corrected chi connectivity index (χ0v) is 20.0. The average molecular weight is 502 g/mol. The predicted molar refractivity (Wildman–Crippen MR) is 126 cm³/mol. The first-order valence-corrected chi connectivity index (χ1v) is 10.3. The molecular formula is C19H31IN6S. The van der Waals surface area contributed by atoms with Crippen molar-refractivity contribution in [2.24, 2.45) is 12.0 Å². The number of thioether (sulfide) groups is 1. The van der Waals surface area contributed by atoms with Gasteiger partial charge in [0.2, 0.25) is 0 Å². The van der Waals surface area contributed by atoms with E-state index >= 15 is 0 Å². The molecule has 0 saturated carbocycles. The molecule has 0 spiro atoms. The van der Waals surface area contributed by atoms with Crippen LogP contribution in [0.5, 0.6) is 0 Å². The Kier molecular flexibility index (Phi) is 10.8. The zero-order chi connectivity index (χ0) is 18.9. The van der Waals surface area contributed by atoms with Crippen LogP contribution in [0, 0.1) is 13.8 Å². The monoisotopic (exact) mass is 502 g/mol. The highest BCUT2D eigenvalue weighted by Crippen LogP contribution is 2.07. The standard InChI is InChI=1S/C19H30N6S.HI/c1-15-7-9-17(10-8-15)14-24(3)19(20-11-6-12-26-5)21-13-18-23-22-16(2)25(18)4;/h7-10H,6,11-14H2,1-5H3,(H,20,21);1H. The summed E-state index contributed by atoms with van der Waals surface area (Å²) in [6.45, 7) is 6.30. The Balaban J connectivity index is 0.00000364. The number of aliphatic imine (C=N–C) groups is 1. The van der Waals surface area contributed by atoms with E-state index in [1.807, 2.05) is 30.3 Å². The maximum Gasteiger partial charge on any atom is 0.194 e. The summed E-state index contributed by atoms with van der Waals surface area (Å²) >= 11 is 1.87. The molecule has 150 valence electrons. The van der Waals surface area contributed by atoms with E-state index in [1.54, 1.807) is 0 Å². The summed E-state index contributed by atoms with van der Waals surface area (Å²) < 4.78 is 1.98. The Labute approximate surface area is 184 Å². The van der Waals surface area contributed by atoms with E-state index in [2.05, 4.69) is 64.9 Å². The van der Waals surface area contributed by atoms with E-state index in [1.165, 1.54) is 11.1 Å². The Morgan fingerprint density at radius 1 is 1.22 bits per heavy atom. The number of guanidine groups is 1. The van der Waals surface area contributed by atoms with Gasteiger partial charge < -0.3 is 14.8 Å². The third-order valence-corrected chi connectivity index (χ3v) is 4.96. The summed E-state index contributed by atoms with van der Waals surface area (Å²) in [5.74, 6) is 3.81. The molecule has 6 nitrogen and oxygen atoms in total. The smallest absolute Gasteiger partial charge is 0.194 e. The number of nitrogens with zero attached hydrogens (tertiary/aromatic N) is 5.